The average molecular weight is 416 g/mol. The number of rotatable bonds is 3. The summed E-state index contributed by atoms with van der Waals surface area (Å²) in [6.45, 7) is 10.1. The number of nitrogens with two attached hydrogens (primary N) is 1. The molecule has 0 aromatic carbocycles. The summed E-state index contributed by atoms with van der Waals surface area (Å²) in [6, 6.07) is 6.75. The summed E-state index contributed by atoms with van der Waals surface area (Å²) in [5.41, 5.74) is 6.54. The molecule has 3 N–H and O–H groups in total. The average Bonchev–Trinajstić information content (AvgIpc) is 2.88. The minimum atomic E-state index is 0. The molecule has 5 heteroatoms. The summed E-state index contributed by atoms with van der Waals surface area (Å²) in [5.74, 6) is 1.06. The molecule has 1 atom stereocenters. The monoisotopic (exact) mass is 416 g/mol. The number of pyridine rings is 1. The molecule has 0 saturated carbocycles. The van der Waals surface area contributed by atoms with Crippen LogP contribution in [0.3, 0.4) is 0 Å². The largest absolute Gasteiger partial charge is 0.395 e. The van der Waals surface area contributed by atoms with E-state index in [0.29, 0.717) is 30.4 Å². The van der Waals surface area contributed by atoms with Crippen LogP contribution in [-0.4, -0.2) is 40.2 Å². The third-order valence-electron chi connectivity index (χ3n) is 3.68. The van der Waals surface area contributed by atoms with Crippen LogP contribution in [0.2, 0.25) is 0 Å². The normalized spacial score (nSPS) is 16.0. The SMILES string of the molecule is C.C.C.CC(C)N1CCCC1CO.CC(C)c1cccc(N)n1.[Y]. The van der Waals surface area contributed by atoms with Crippen molar-refractivity contribution in [3.8, 4) is 0 Å². The maximum atomic E-state index is 8.94. The number of aliphatic hydroxyl groups is 1. The van der Waals surface area contributed by atoms with Crippen LogP contribution < -0.4 is 5.73 Å². The number of likely N-dealkylation sites (tertiary alicyclic amines) is 1. The van der Waals surface area contributed by atoms with Crippen LogP contribution in [0.5, 0.6) is 0 Å². The van der Waals surface area contributed by atoms with Gasteiger partial charge < -0.3 is 10.8 Å². The minimum Gasteiger partial charge on any atom is -0.395 e. The maximum absolute atomic E-state index is 8.94. The second-order valence-corrected chi connectivity index (χ2v) is 5.95. The van der Waals surface area contributed by atoms with E-state index < -0.39 is 0 Å². The van der Waals surface area contributed by atoms with Crippen molar-refractivity contribution < 1.29 is 37.8 Å². The zero-order chi connectivity index (χ0) is 15.1. The summed E-state index contributed by atoms with van der Waals surface area (Å²) in [6.07, 6.45) is 2.43. The Hall–Kier alpha value is -0.0261. The Labute approximate surface area is 176 Å². The van der Waals surface area contributed by atoms with Gasteiger partial charge in [-0.1, -0.05) is 42.2 Å². The Morgan fingerprint density at radius 3 is 2.12 bits per heavy atom. The quantitative estimate of drug-likeness (QED) is 0.759. The van der Waals surface area contributed by atoms with Gasteiger partial charge >= 0.3 is 0 Å². The van der Waals surface area contributed by atoms with E-state index in [1.165, 1.54) is 19.4 Å². The molecular formula is C19H41N3OY. The second-order valence-electron chi connectivity index (χ2n) is 5.95. The van der Waals surface area contributed by atoms with Gasteiger partial charge in [-0.25, -0.2) is 4.98 Å². The van der Waals surface area contributed by atoms with E-state index in [2.05, 4.69) is 37.6 Å². The van der Waals surface area contributed by atoms with E-state index >= 15 is 0 Å². The van der Waals surface area contributed by atoms with Crippen LogP contribution >= 0.6 is 0 Å². The molecule has 1 fully saturated rings. The Balaban J connectivity index is -0.000000143. The summed E-state index contributed by atoms with van der Waals surface area (Å²) in [5, 5.41) is 8.94. The number of hydrogen-bond acceptors (Lipinski definition) is 4. The number of aromatic nitrogens is 1. The van der Waals surface area contributed by atoms with Crippen LogP contribution in [0.25, 0.3) is 0 Å². The van der Waals surface area contributed by atoms with Crippen molar-refractivity contribution in [1.29, 1.82) is 0 Å². The van der Waals surface area contributed by atoms with Gasteiger partial charge in [0.25, 0.3) is 0 Å². The van der Waals surface area contributed by atoms with Gasteiger partial charge in [-0.2, -0.15) is 0 Å². The molecule has 0 amide bonds. The number of nitrogens with zero attached hydrogens (tertiary/aromatic N) is 2. The molecule has 1 unspecified atom stereocenters. The fraction of sp³-hybridized carbons (Fsp3) is 0.737. The fourth-order valence-corrected chi connectivity index (χ4v) is 2.52. The molecule has 1 radical (unpaired) electrons. The Morgan fingerprint density at radius 1 is 1.21 bits per heavy atom. The van der Waals surface area contributed by atoms with Gasteiger partial charge in [-0.15, -0.1) is 0 Å². The Kier molecular flexibility index (Phi) is 21.7. The topological polar surface area (TPSA) is 62.4 Å². The second kappa shape index (κ2) is 16.4. The van der Waals surface area contributed by atoms with Gasteiger partial charge in [0.1, 0.15) is 5.82 Å². The summed E-state index contributed by atoms with van der Waals surface area (Å²) < 4.78 is 0. The molecule has 2 rings (SSSR count). The van der Waals surface area contributed by atoms with Gasteiger partial charge in [0.05, 0.1) is 6.61 Å². The minimum absolute atomic E-state index is 0. The van der Waals surface area contributed by atoms with Gasteiger partial charge in [-0.05, 0) is 51.3 Å². The van der Waals surface area contributed by atoms with Crippen molar-refractivity contribution >= 4 is 5.82 Å². The smallest absolute Gasteiger partial charge is 0.123 e. The predicted molar refractivity (Wildman–Crippen MR) is 105 cm³/mol. The predicted octanol–water partition coefficient (Wildman–Crippen LogP) is 4.54. The molecule has 1 saturated heterocycles. The van der Waals surface area contributed by atoms with E-state index in [9.17, 15) is 0 Å². The number of aliphatic hydroxyl groups excluding tert-OH is 1. The molecule has 1 aromatic rings. The van der Waals surface area contributed by atoms with Crippen molar-refractivity contribution in [3.05, 3.63) is 23.9 Å². The van der Waals surface area contributed by atoms with Gasteiger partial charge in [0.15, 0.2) is 0 Å². The first-order chi connectivity index (χ1) is 9.45. The molecule has 0 bridgehead atoms. The summed E-state index contributed by atoms with van der Waals surface area (Å²) in [7, 11) is 0. The van der Waals surface area contributed by atoms with E-state index in [-0.39, 0.29) is 55.0 Å². The number of anilines is 1. The van der Waals surface area contributed by atoms with Gasteiger partial charge in [0, 0.05) is 50.5 Å². The number of nitrogen functional groups attached to an aromatic ring is 1. The number of hydrogen-bond donors (Lipinski definition) is 2. The van der Waals surface area contributed by atoms with Crippen LogP contribution in [0.4, 0.5) is 5.82 Å². The standard InChI is InChI=1S/C8H12N2.C8H17NO.3CH4.Y/c1-6(2)7-4-3-5-8(9)10-7;1-7(2)9-5-3-4-8(9)6-10;;;;/h3-6H,1-2H3,(H2,9,10);7-8,10H,3-6H2,1-2H3;3*1H4;. The van der Waals surface area contributed by atoms with E-state index in [1.54, 1.807) is 6.07 Å². The molecule has 0 aliphatic carbocycles. The van der Waals surface area contributed by atoms with Crippen LogP contribution in [0, 0.1) is 0 Å². The van der Waals surface area contributed by atoms with Crippen molar-refractivity contribution in [2.24, 2.45) is 0 Å². The zero-order valence-corrected chi connectivity index (χ0v) is 16.6. The Bertz CT molecular complexity index is 400. The van der Waals surface area contributed by atoms with E-state index in [0.717, 1.165) is 5.69 Å². The first kappa shape index (κ1) is 31.7. The van der Waals surface area contributed by atoms with Crippen LogP contribution in [0.15, 0.2) is 18.2 Å². The third kappa shape index (κ3) is 10.8. The third-order valence-corrected chi connectivity index (χ3v) is 3.68. The first-order valence-electron chi connectivity index (χ1n) is 7.54. The zero-order valence-electron chi connectivity index (χ0n) is 13.8. The molecule has 1 aromatic heterocycles. The van der Waals surface area contributed by atoms with Crippen molar-refractivity contribution in [2.75, 3.05) is 18.9 Å². The fourth-order valence-electron chi connectivity index (χ4n) is 2.52. The van der Waals surface area contributed by atoms with Crippen LogP contribution in [-0.2, 0) is 32.7 Å². The molecule has 4 nitrogen and oxygen atoms in total. The molecule has 24 heavy (non-hydrogen) atoms. The molecular weight excluding hydrogens is 375 g/mol. The first-order valence-corrected chi connectivity index (χ1v) is 7.54. The Morgan fingerprint density at radius 2 is 1.79 bits per heavy atom. The molecule has 1 aliphatic heterocycles. The molecule has 0 spiro atoms. The van der Waals surface area contributed by atoms with Gasteiger partial charge in [-0.3, -0.25) is 4.90 Å². The van der Waals surface area contributed by atoms with Crippen molar-refractivity contribution in [2.45, 2.75) is 80.8 Å². The summed E-state index contributed by atoms with van der Waals surface area (Å²) >= 11 is 0. The molecule has 141 valence electrons. The molecule has 1 aliphatic rings. The van der Waals surface area contributed by atoms with E-state index in [4.69, 9.17) is 10.8 Å². The van der Waals surface area contributed by atoms with Crippen molar-refractivity contribution in [1.82, 2.24) is 9.88 Å². The molecule has 2 heterocycles. The van der Waals surface area contributed by atoms with E-state index in [1.807, 2.05) is 12.1 Å². The maximum Gasteiger partial charge on any atom is 0.123 e. The van der Waals surface area contributed by atoms with Gasteiger partial charge in [0.2, 0.25) is 0 Å². The van der Waals surface area contributed by atoms with Crippen molar-refractivity contribution in [3.63, 3.8) is 0 Å². The van der Waals surface area contributed by atoms with Crippen LogP contribution in [0.1, 0.15) is 74.4 Å². The summed E-state index contributed by atoms with van der Waals surface area (Å²) in [4.78, 5) is 6.53.